The maximum absolute atomic E-state index is 12.3. The number of thioether (sulfide) groups is 1. The maximum Gasteiger partial charge on any atom is 0.189 e. The van der Waals surface area contributed by atoms with E-state index in [2.05, 4.69) is 120 Å². The van der Waals surface area contributed by atoms with Crippen molar-refractivity contribution in [2.24, 2.45) is 0 Å². The molecule has 0 saturated carbocycles. The molecule has 0 N–H and O–H groups in total. The Labute approximate surface area is 218 Å². The van der Waals surface area contributed by atoms with Crippen LogP contribution in [0.3, 0.4) is 0 Å². The topological polar surface area (TPSA) is 42.0 Å². The van der Waals surface area contributed by atoms with Crippen LogP contribution in [0, 0.1) is 0 Å². The third-order valence-electron chi connectivity index (χ3n) is 6.89. The fourth-order valence-electron chi connectivity index (χ4n) is 3.87. The molecule has 204 valence electrons. The quantitative estimate of drug-likeness (QED) is 0.215. The summed E-state index contributed by atoms with van der Waals surface area (Å²) in [6.45, 7) is 36.8. The van der Waals surface area contributed by atoms with Gasteiger partial charge in [-0.05, 0) is 111 Å². The standard InChI is InChI=1S/C27H57N2O3PS/c1-18-23(30)34-27(16,17)26(14,15)31-24(10,11)25(12,13)32-33(28(19(2)3)20(4)5)29(21(6)7)22(8)9/h19-22H,18H2,1-17H3. The van der Waals surface area contributed by atoms with E-state index in [9.17, 15) is 4.79 Å². The molecule has 0 aliphatic rings. The lowest BCUT2D eigenvalue weighted by Crippen LogP contribution is -2.58. The van der Waals surface area contributed by atoms with Crippen LogP contribution >= 0.6 is 20.2 Å². The lowest BCUT2D eigenvalue weighted by molar-refractivity contribution is -0.203. The van der Waals surface area contributed by atoms with Crippen LogP contribution in [0.15, 0.2) is 0 Å². The van der Waals surface area contributed by atoms with Crippen LogP contribution in [-0.2, 0) is 14.1 Å². The van der Waals surface area contributed by atoms with Crippen LogP contribution in [0.2, 0.25) is 0 Å². The molecule has 0 amide bonds. The fraction of sp³-hybridized carbons (Fsp3) is 0.963. The molecule has 0 spiro atoms. The minimum atomic E-state index is -1.06. The molecular formula is C27H57N2O3PS. The first-order valence-electron chi connectivity index (χ1n) is 13.0. The van der Waals surface area contributed by atoms with Crippen molar-refractivity contribution in [2.45, 2.75) is 170 Å². The molecule has 0 rings (SSSR count). The first kappa shape index (κ1) is 34.3. The Morgan fingerprint density at radius 2 is 1.06 bits per heavy atom. The van der Waals surface area contributed by atoms with E-state index < -0.39 is 25.3 Å². The summed E-state index contributed by atoms with van der Waals surface area (Å²) in [6, 6.07) is 1.38. The lowest BCUT2D eigenvalue weighted by Gasteiger charge is -2.54. The molecule has 0 bridgehead atoms. The van der Waals surface area contributed by atoms with Crippen LogP contribution in [0.5, 0.6) is 0 Å². The van der Waals surface area contributed by atoms with Crippen molar-refractivity contribution in [3.05, 3.63) is 0 Å². The molecular weight excluding hydrogens is 463 g/mol. The van der Waals surface area contributed by atoms with Crippen LogP contribution in [-0.4, -0.2) is 60.2 Å². The molecule has 34 heavy (non-hydrogen) atoms. The Balaban J connectivity index is 6.28. The highest BCUT2D eigenvalue weighted by molar-refractivity contribution is 8.14. The van der Waals surface area contributed by atoms with Gasteiger partial charge in [0.25, 0.3) is 0 Å². The van der Waals surface area contributed by atoms with Gasteiger partial charge in [0, 0.05) is 35.3 Å². The third kappa shape index (κ3) is 8.70. The maximum atomic E-state index is 12.3. The summed E-state index contributed by atoms with van der Waals surface area (Å²) < 4.78 is 18.7. The largest absolute Gasteiger partial charge is 0.365 e. The molecule has 0 aromatic carbocycles. The fourth-order valence-corrected chi connectivity index (χ4v) is 7.51. The van der Waals surface area contributed by atoms with Gasteiger partial charge in [0.15, 0.2) is 13.6 Å². The highest BCUT2D eigenvalue weighted by Crippen LogP contribution is 2.56. The van der Waals surface area contributed by atoms with E-state index >= 15 is 0 Å². The predicted molar refractivity (Wildman–Crippen MR) is 153 cm³/mol. The lowest BCUT2D eigenvalue weighted by atomic mass is 9.86. The minimum absolute atomic E-state index is 0.188. The van der Waals surface area contributed by atoms with Crippen molar-refractivity contribution in [3.63, 3.8) is 0 Å². The number of rotatable bonds is 14. The number of carbonyl (C=O) groups excluding carboxylic acids is 1. The molecule has 0 heterocycles. The number of nitrogens with zero attached hydrogens (tertiary/aromatic N) is 2. The minimum Gasteiger partial charge on any atom is -0.365 e. The predicted octanol–water partition coefficient (Wildman–Crippen LogP) is 8.27. The molecule has 0 saturated heterocycles. The second kappa shape index (κ2) is 12.7. The molecule has 5 nitrogen and oxygen atoms in total. The Morgan fingerprint density at radius 1 is 0.706 bits per heavy atom. The zero-order chi connectivity index (χ0) is 27.4. The van der Waals surface area contributed by atoms with Crippen LogP contribution in [0.25, 0.3) is 0 Å². The number of carbonyl (C=O) groups is 1. The van der Waals surface area contributed by atoms with Crippen molar-refractivity contribution in [1.29, 1.82) is 0 Å². The molecule has 0 atom stereocenters. The van der Waals surface area contributed by atoms with Gasteiger partial charge in [-0.15, -0.1) is 0 Å². The highest BCUT2D eigenvalue weighted by atomic mass is 32.2. The van der Waals surface area contributed by atoms with E-state index in [1.54, 1.807) is 0 Å². The van der Waals surface area contributed by atoms with Crippen LogP contribution in [0.4, 0.5) is 0 Å². The zero-order valence-electron chi connectivity index (χ0n) is 25.5. The number of hydrogen-bond donors (Lipinski definition) is 0. The molecule has 0 radical (unpaired) electrons. The van der Waals surface area contributed by atoms with E-state index in [4.69, 9.17) is 9.26 Å². The smallest absolute Gasteiger partial charge is 0.189 e. The Bertz CT molecular complexity index is 610. The van der Waals surface area contributed by atoms with E-state index in [0.29, 0.717) is 30.6 Å². The van der Waals surface area contributed by atoms with Crippen molar-refractivity contribution in [1.82, 2.24) is 9.34 Å². The zero-order valence-corrected chi connectivity index (χ0v) is 27.2. The molecule has 0 aromatic heterocycles. The van der Waals surface area contributed by atoms with Gasteiger partial charge in [-0.1, -0.05) is 18.7 Å². The van der Waals surface area contributed by atoms with Crippen molar-refractivity contribution in [2.75, 3.05) is 0 Å². The SMILES string of the molecule is CCC(=O)SC(C)(C)C(C)(C)OC(C)(C)C(C)(C)OP(N(C(C)C)C(C)C)N(C(C)C)C(C)C. The number of hydrogen-bond acceptors (Lipinski definition) is 6. The molecule has 0 fully saturated rings. The highest BCUT2D eigenvalue weighted by Gasteiger charge is 2.51. The molecule has 0 aliphatic carbocycles. The summed E-state index contributed by atoms with van der Waals surface area (Å²) >= 11 is 1.38. The van der Waals surface area contributed by atoms with E-state index in [1.165, 1.54) is 11.8 Å². The van der Waals surface area contributed by atoms with Gasteiger partial charge in [-0.25, -0.2) is 9.34 Å². The van der Waals surface area contributed by atoms with Gasteiger partial charge in [-0.3, -0.25) is 4.79 Å². The normalized spacial score (nSPS) is 14.7. The molecule has 0 aromatic rings. The van der Waals surface area contributed by atoms with Crippen LogP contribution in [0.1, 0.15) is 124 Å². The summed E-state index contributed by atoms with van der Waals surface area (Å²) in [6.07, 6.45) is 0.521. The van der Waals surface area contributed by atoms with Crippen LogP contribution < -0.4 is 0 Å². The summed E-state index contributed by atoms with van der Waals surface area (Å²) in [7, 11) is -1.06. The first-order chi connectivity index (χ1) is 15.0. The molecule has 0 aliphatic heterocycles. The number of ether oxygens (including phenoxy) is 1. The van der Waals surface area contributed by atoms with Gasteiger partial charge >= 0.3 is 0 Å². The van der Waals surface area contributed by atoms with Gasteiger partial charge in [0.1, 0.15) is 0 Å². The molecule has 0 unspecified atom stereocenters. The van der Waals surface area contributed by atoms with E-state index in [-0.39, 0.29) is 9.86 Å². The van der Waals surface area contributed by atoms with E-state index in [1.807, 2.05) is 6.92 Å². The molecule has 7 heteroatoms. The summed E-state index contributed by atoms with van der Waals surface area (Å²) in [5.74, 6) is 0. The first-order valence-corrected chi connectivity index (χ1v) is 15.0. The van der Waals surface area contributed by atoms with Crippen molar-refractivity contribution < 1.29 is 14.1 Å². The van der Waals surface area contributed by atoms with Gasteiger partial charge < -0.3 is 9.26 Å². The Hall–Kier alpha value is 0.290. The van der Waals surface area contributed by atoms with Crippen molar-refractivity contribution >= 4 is 25.3 Å². The second-order valence-corrected chi connectivity index (χ2v) is 15.7. The van der Waals surface area contributed by atoms with Crippen molar-refractivity contribution in [3.8, 4) is 0 Å². The third-order valence-corrected chi connectivity index (χ3v) is 11.7. The average Bonchev–Trinajstić information content (AvgIpc) is 2.58. The Kier molecular flexibility index (Phi) is 12.8. The summed E-state index contributed by atoms with van der Waals surface area (Å²) in [4.78, 5) is 12.3. The van der Waals surface area contributed by atoms with Gasteiger partial charge in [-0.2, -0.15) is 0 Å². The Morgan fingerprint density at radius 3 is 1.35 bits per heavy atom. The summed E-state index contributed by atoms with van der Waals surface area (Å²) in [5, 5.41) is 0.188. The second-order valence-electron chi connectivity index (χ2n) is 12.4. The summed E-state index contributed by atoms with van der Waals surface area (Å²) in [5.41, 5.74) is -1.75. The van der Waals surface area contributed by atoms with Gasteiger partial charge in [0.05, 0.1) is 16.8 Å². The van der Waals surface area contributed by atoms with E-state index in [0.717, 1.165) is 0 Å². The monoisotopic (exact) mass is 520 g/mol. The van der Waals surface area contributed by atoms with Gasteiger partial charge in [0.2, 0.25) is 0 Å². The average molecular weight is 521 g/mol.